The molecule has 0 amide bonds. The molecule has 19 heavy (non-hydrogen) atoms. The zero-order valence-corrected chi connectivity index (χ0v) is 9.21. The molecule has 0 aliphatic rings. The number of imidazole rings is 1. The van der Waals surface area contributed by atoms with Crippen molar-refractivity contribution < 1.29 is 22.0 Å². The fraction of sp³-hybridized carbons (Fsp3) is 0.444. The van der Waals surface area contributed by atoms with Crippen LogP contribution in [0, 0.1) is 0 Å². The van der Waals surface area contributed by atoms with E-state index in [4.69, 9.17) is 0 Å². The molecule has 0 bridgehead atoms. The first-order valence-corrected chi connectivity index (χ1v) is 5.05. The second-order valence-corrected chi connectivity index (χ2v) is 3.79. The van der Waals surface area contributed by atoms with Gasteiger partial charge in [-0.05, 0) is 0 Å². The molecule has 0 spiro atoms. The number of aromatic amines is 1. The van der Waals surface area contributed by atoms with Crippen LogP contribution in [0.15, 0.2) is 17.3 Å². The quantitative estimate of drug-likeness (QED) is 0.872. The Bertz CT molecular complexity index is 644. The van der Waals surface area contributed by atoms with Crippen LogP contribution >= 0.6 is 0 Å². The zero-order chi connectivity index (χ0) is 14.3. The van der Waals surface area contributed by atoms with Gasteiger partial charge >= 0.3 is 17.8 Å². The maximum absolute atomic E-state index is 12.8. The second-order valence-electron chi connectivity index (χ2n) is 3.79. The highest BCUT2D eigenvalue weighted by Gasteiger charge is 2.56. The summed E-state index contributed by atoms with van der Waals surface area (Å²) in [5.41, 5.74) is -0.658. The van der Waals surface area contributed by atoms with Gasteiger partial charge in [0.05, 0.1) is 6.20 Å². The molecule has 1 N–H and O–H groups in total. The Morgan fingerprint density at radius 1 is 1.26 bits per heavy atom. The number of rotatable bonds is 3. The zero-order valence-electron chi connectivity index (χ0n) is 9.21. The molecule has 2 aromatic heterocycles. The molecule has 0 fully saturated rings. The normalized spacial score (nSPS) is 13.1. The van der Waals surface area contributed by atoms with Crippen LogP contribution in [0.5, 0.6) is 0 Å². The molecule has 0 aliphatic heterocycles. The van der Waals surface area contributed by atoms with Gasteiger partial charge < -0.3 is 0 Å². The number of aryl methyl sites for hydroxylation is 1. The van der Waals surface area contributed by atoms with E-state index in [1.165, 1.54) is 0 Å². The first-order valence-electron chi connectivity index (χ1n) is 5.05. The molecule has 0 aliphatic carbocycles. The van der Waals surface area contributed by atoms with Gasteiger partial charge in [0.1, 0.15) is 11.8 Å². The highest BCUT2D eigenvalue weighted by Crippen LogP contribution is 2.38. The first-order chi connectivity index (χ1) is 8.72. The summed E-state index contributed by atoms with van der Waals surface area (Å²) < 4.78 is 62.3. The Balaban J connectivity index is 2.28. The summed E-state index contributed by atoms with van der Waals surface area (Å²) in [6.07, 6.45) is -4.89. The van der Waals surface area contributed by atoms with Crippen LogP contribution in [0.25, 0.3) is 11.2 Å². The molecule has 0 saturated heterocycles. The fourth-order valence-electron chi connectivity index (χ4n) is 1.51. The summed E-state index contributed by atoms with van der Waals surface area (Å²) in [6, 6.07) is 0. The standard InChI is InChI=1S/C9H7F5N4O/c10-8(11,9(12,13)14)1-2-18-5-3-15-4-16-6(5)17-7(18)19/h3-4H,1-2H2,(H,15,16,17,19). The van der Waals surface area contributed by atoms with Gasteiger partial charge in [0.25, 0.3) is 0 Å². The Hall–Kier alpha value is -2.00. The van der Waals surface area contributed by atoms with Crippen LogP contribution in [0.1, 0.15) is 6.42 Å². The molecule has 0 atom stereocenters. The number of hydrogen-bond acceptors (Lipinski definition) is 3. The van der Waals surface area contributed by atoms with E-state index in [9.17, 15) is 26.7 Å². The molecule has 2 aromatic rings. The molecule has 10 heteroatoms. The summed E-state index contributed by atoms with van der Waals surface area (Å²) >= 11 is 0. The summed E-state index contributed by atoms with van der Waals surface area (Å²) in [7, 11) is 0. The number of H-pyrrole nitrogens is 1. The van der Waals surface area contributed by atoms with Crippen LogP contribution in [0.2, 0.25) is 0 Å². The van der Waals surface area contributed by atoms with Crippen molar-refractivity contribution in [1.29, 1.82) is 0 Å². The highest BCUT2D eigenvalue weighted by molar-refractivity contribution is 5.68. The van der Waals surface area contributed by atoms with Crippen LogP contribution < -0.4 is 5.69 Å². The van der Waals surface area contributed by atoms with E-state index in [1.54, 1.807) is 0 Å². The summed E-state index contributed by atoms with van der Waals surface area (Å²) in [5, 5.41) is 0. The monoisotopic (exact) mass is 282 g/mol. The van der Waals surface area contributed by atoms with E-state index in [0.717, 1.165) is 17.1 Å². The molecule has 0 radical (unpaired) electrons. The van der Waals surface area contributed by atoms with E-state index in [2.05, 4.69) is 15.0 Å². The van der Waals surface area contributed by atoms with Crippen LogP contribution in [-0.2, 0) is 6.54 Å². The molecular weight excluding hydrogens is 275 g/mol. The van der Waals surface area contributed by atoms with Crippen LogP contribution in [0.4, 0.5) is 22.0 Å². The predicted octanol–water partition coefficient (Wildman–Crippen LogP) is 1.71. The van der Waals surface area contributed by atoms with E-state index in [1.807, 2.05) is 0 Å². The summed E-state index contributed by atoms with van der Waals surface area (Å²) in [6.45, 7) is -0.793. The van der Waals surface area contributed by atoms with Crippen molar-refractivity contribution in [2.24, 2.45) is 0 Å². The van der Waals surface area contributed by atoms with Crippen LogP contribution in [-0.4, -0.2) is 31.6 Å². The number of alkyl halides is 5. The lowest BCUT2D eigenvalue weighted by atomic mass is 10.2. The minimum absolute atomic E-state index is 0.0745. The number of halogens is 5. The molecule has 2 heterocycles. The third-order valence-electron chi connectivity index (χ3n) is 2.52. The van der Waals surface area contributed by atoms with Crippen molar-refractivity contribution in [3.05, 3.63) is 23.0 Å². The molecule has 2 rings (SSSR count). The van der Waals surface area contributed by atoms with Gasteiger partial charge in [-0.1, -0.05) is 0 Å². The molecular formula is C9H7F5N4O. The lowest BCUT2D eigenvalue weighted by Crippen LogP contribution is -2.38. The van der Waals surface area contributed by atoms with E-state index in [-0.39, 0.29) is 11.2 Å². The number of nitrogens with one attached hydrogen (secondary N) is 1. The minimum Gasteiger partial charge on any atom is -0.290 e. The van der Waals surface area contributed by atoms with Crippen molar-refractivity contribution in [3.8, 4) is 0 Å². The third-order valence-corrected chi connectivity index (χ3v) is 2.52. The van der Waals surface area contributed by atoms with Gasteiger partial charge in [-0.2, -0.15) is 22.0 Å². The predicted molar refractivity (Wildman–Crippen MR) is 53.8 cm³/mol. The third kappa shape index (κ3) is 2.42. The molecule has 104 valence electrons. The molecule has 0 aromatic carbocycles. The number of nitrogens with zero attached hydrogens (tertiary/aromatic N) is 3. The van der Waals surface area contributed by atoms with Crippen molar-refractivity contribution in [2.45, 2.75) is 25.1 Å². The first kappa shape index (κ1) is 13.4. The summed E-state index contributed by atoms with van der Waals surface area (Å²) in [5.74, 6) is -4.86. The van der Waals surface area contributed by atoms with Gasteiger partial charge in [-0.15, -0.1) is 0 Å². The Kier molecular flexibility index (Phi) is 3.03. The molecule has 0 unspecified atom stereocenters. The maximum atomic E-state index is 12.8. The average molecular weight is 282 g/mol. The van der Waals surface area contributed by atoms with Gasteiger partial charge in [0.2, 0.25) is 0 Å². The van der Waals surface area contributed by atoms with Crippen molar-refractivity contribution >= 4 is 11.2 Å². The van der Waals surface area contributed by atoms with E-state index in [0.29, 0.717) is 0 Å². The second kappa shape index (κ2) is 4.28. The minimum atomic E-state index is -5.64. The van der Waals surface area contributed by atoms with Gasteiger partial charge in [-0.3, -0.25) is 9.55 Å². The van der Waals surface area contributed by atoms with Crippen molar-refractivity contribution in [1.82, 2.24) is 19.5 Å². The number of fused-ring (bicyclic) bond motifs is 1. The summed E-state index contributed by atoms with van der Waals surface area (Å²) in [4.78, 5) is 20.9. The topological polar surface area (TPSA) is 63.6 Å². The Labute approximate surface area is 102 Å². The lowest BCUT2D eigenvalue weighted by molar-refractivity contribution is -0.285. The van der Waals surface area contributed by atoms with Crippen molar-refractivity contribution in [2.75, 3.05) is 0 Å². The highest BCUT2D eigenvalue weighted by atomic mass is 19.4. The maximum Gasteiger partial charge on any atom is 0.453 e. The van der Waals surface area contributed by atoms with Gasteiger partial charge in [0.15, 0.2) is 5.65 Å². The molecule has 5 nitrogen and oxygen atoms in total. The van der Waals surface area contributed by atoms with Gasteiger partial charge in [0, 0.05) is 13.0 Å². The largest absolute Gasteiger partial charge is 0.453 e. The Morgan fingerprint density at radius 3 is 2.58 bits per heavy atom. The van der Waals surface area contributed by atoms with Crippen molar-refractivity contribution in [3.63, 3.8) is 0 Å². The van der Waals surface area contributed by atoms with Crippen LogP contribution in [0.3, 0.4) is 0 Å². The van der Waals surface area contributed by atoms with Gasteiger partial charge in [-0.25, -0.2) is 14.8 Å². The van der Waals surface area contributed by atoms with E-state index < -0.39 is 30.8 Å². The fourth-order valence-corrected chi connectivity index (χ4v) is 1.51. The van der Waals surface area contributed by atoms with E-state index >= 15 is 0 Å². The average Bonchev–Trinajstić information content (AvgIpc) is 2.60. The smallest absolute Gasteiger partial charge is 0.290 e. The lowest BCUT2D eigenvalue weighted by Gasteiger charge is -2.19. The SMILES string of the molecule is O=c1[nH]c2ncncc2n1CCC(F)(F)C(F)(F)F. The Morgan fingerprint density at radius 2 is 1.95 bits per heavy atom. The molecule has 0 saturated carbocycles. The number of aromatic nitrogens is 4. The number of hydrogen-bond donors (Lipinski definition) is 1.